The molecule has 12 nitrogen and oxygen atoms in total. The zero-order valence-corrected chi connectivity index (χ0v) is 21.0. The Morgan fingerprint density at radius 1 is 1.00 bits per heavy atom. The number of aryl methyl sites for hydroxylation is 1. The zero-order chi connectivity index (χ0) is 25.9. The topological polar surface area (TPSA) is 127 Å². The molecule has 7 rings (SSSR count). The van der Waals surface area contributed by atoms with E-state index in [0.717, 1.165) is 49.7 Å². The van der Waals surface area contributed by atoms with Crippen molar-refractivity contribution in [2.24, 2.45) is 5.92 Å². The summed E-state index contributed by atoms with van der Waals surface area (Å²) in [4.78, 5) is 38.5. The molecule has 0 atom stereocenters. The molecule has 0 unspecified atom stereocenters. The molecule has 0 bridgehead atoms. The van der Waals surface area contributed by atoms with Crippen LogP contribution in [-0.2, 0) is 17.9 Å². The summed E-state index contributed by atoms with van der Waals surface area (Å²) in [6.45, 7) is 2.90. The molecular formula is C26H29N9O3. The molecule has 0 radical (unpaired) electrons. The summed E-state index contributed by atoms with van der Waals surface area (Å²) in [6, 6.07) is 7.90. The number of hydrogen-bond acceptors (Lipinski definition) is 8. The van der Waals surface area contributed by atoms with Crippen LogP contribution in [0.25, 0.3) is 16.7 Å². The first-order valence-electron chi connectivity index (χ1n) is 13.2. The summed E-state index contributed by atoms with van der Waals surface area (Å²) >= 11 is 0. The molecule has 12 heteroatoms. The van der Waals surface area contributed by atoms with E-state index in [1.807, 2.05) is 33.8 Å². The van der Waals surface area contributed by atoms with Crippen molar-refractivity contribution in [1.29, 1.82) is 0 Å². The first kappa shape index (κ1) is 23.1. The van der Waals surface area contributed by atoms with E-state index in [1.165, 1.54) is 17.1 Å². The van der Waals surface area contributed by atoms with E-state index in [9.17, 15) is 14.7 Å². The molecule has 2 fully saturated rings. The van der Waals surface area contributed by atoms with E-state index < -0.39 is 5.60 Å². The van der Waals surface area contributed by atoms with Crippen LogP contribution >= 0.6 is 0 Å². The van der Waals surface area contributed by atoms with Gasteiger partial charge in [-0.05, 0) is 56.4 Å². The molecule has 1 aliphatic carbocycles. The second-order valence-corrected chi connectivity index (χ2v) is 10.6. The molecule has 3 aliphatic rings. The van der Waals surface area contributed by atoms with Crippen LogP contribution in [0.15, 0.2) is 47.9 Å². The molecule has 1 amide bonds. The lowest BCUT2D eigenvalue weighted by Gasteiger charge is -2.38. The van der Waals surface area contributed by atoms with Gasteiger partial charge < -0.3 is 14.9 Å². The summed E-state index contributed by atoms with van der Waals surface area (Å²) in [5.41, 5.74) is 0.971. The fourth-order valence-electron chi connectivity index (χ4n) is 5.58. The summed E-state index contributed by atoms with van der Waals surface area (Å²) in [6.07, 6.45) is 8.41. The Morgan fingerprint density at radius 3 is 2.53 bits per heavy atom. The van der Waals surface area contributed by atoms with Gasteiger partial charge in [-0.2, -0.15) is 15.2 Å². The van der Waals surface area contributed by atoms with Gasteiger partial charge in [0.1, 0.15) is 18.0 Å². The molecule has 1 saturated heterocycles. The highest BCUT2D eigenvalue weighted by atomic mass is 16.3. The van der Waals surface area contributed by atoms with Gasteiger partial charge >= 0.3 is 0 Å². The molecule has 1 aromatic carbocycles. The van der Waals surface area contributed by atoms with Crippen LogP contribution in [0, 0.1) is 5.92 Å². The number of likely N-dealkylation sites (tertiary alicyclic amines) is 1. The SMILES string of the molecule is O=C(C1CC1)N1CCC(O)(Cn2cnc3c(cnn3-c3ccc(N4CCCn5ncnc54)cc3)c2=O)CC1. The van der Waals surface area contributed by atoms with Crippen molar-refractivity contribution >= 4 is 28.6 Å². The van der Waals surface area contributed by atoms with Crippen molar-refractivity contribution in [1.82, 2.24) is 39.0 Å². The predicted molar refractivity (Wildman–Crippen MR) is 138 cm³/mol. The molecule has 3 aromatic heterocycles. The van der Waals surface area contributed by atoms with Crippen LogP contribution in [0.1, 0.15) is 32.1 Å². The fourth-order valence-corrected chi connectivity index (χ4v) is 5.58. The third kappa shape index (κ3) is 3.95. The number of benzene rings is 1. The Bertz CT molecular complexity index is 1560. The fraction of sp³-hybridized carbons (Fsp3) is 0.462. The van der Waals surface area contributed by atoms with E-state index in [2.05, 4.69) is 25.1 Å². The van der Waals surface area contributed by atoms with Crippen molar-refractivity contribution in [2.45, 2.75) is 50.8 Å². The Morgan fingerprint density at radius 2 is 1.76 bits per heavy atom. The van der Waals surface area contributed by atoms with Gasteiger partial charge in [-0.1, -0.05) is 0 Å². The molecule has 0 spiro atoms. The number of hydrogen-bond donors (Lipinski definition) is 1. The summed E-state index contributed by atoms with van der Waals surface area (Å²) in [5, 5.41) is 20.3. The van der Waals surface area contributed by atoms with E-state index >= 15 is 0 Å². The van der Waals surface area contributed by atoms with Gasteiger partial charge in [0.25, 0.3) is 5.56 Å². The normalized spacial score (nSPS) is 19.1. The van der Waals surface area contributed by atoms with Gasteiger partial charge in [0.2, 0.25) is 11.9 Å². The Balaban J connectivity index is 1.10. The smallest absolute Gasteiger partial charge is 0.264 e. The quantitative estimate of drug-likeness (QED) is 0.424. The van der Waals surface area contributed by atoms with Gasteiger partial charge in [-0.3, -0.25) is 14.2 Å². The summed E-state index contributed by atoms with van der Waals surface area (Å²) in [7, 11) is 0. The lowest BCUT2D eigenvalue weighted by Crippen LogP contribution is -2.50. The largest absolute Gasteiger partial charge is 0.388 e. The second-order valence-electron chi connectivity index (χ2n) is 10.6. The number of nitrogens with zero attached hydrogens (tertiary/aromatic N) is 9. The van der Waals surface area contributed by atoms with Crippen LogP contribution in [0.3, 0.4) is 0 Å². The maximum absolute atomic E-state index is 13.3. The van der Waals surface area contributed by atoms with Crippen molar-refractivity contribution in [2.75, 3.05) is 24.5 Å². The molecule has 4 aromatic rings. The molecule has 5 heterocycles. The molecule has 2 aliphatic heterocycles. The van der Waals surface area contributed by atoms with Gasteiger partial charge in [0.05, 0.1) is 24.0 Å². The van der Waals surface area contributed by atoms with Gasteiger partial charge in [-0.15, -0.1) is 0 Å². The minimum absolute atomic E-state index is 0.139. The number of anilines is 2. The van der Waals surface area contributed by atoms with E-state index in [1.54, 1.807) is 11.0 Å². The highest BCUT2D eigenvalue weighted by Crippen LogP contribution is 2.33. The van der Waals surface area contributed by atoms with Crippen molar-refractivity contribution in [3.8, 4) is 5.69 Å². The average molecular weight is 516 g/mol. The van der Waals surface area contributed by atoms with Crippen LogP contribution in [0.5, 0.6) is 0 Å². The molecular weight excluding hydrogens is 486 g/mol. The lowest BCUT2D eigenvalue weighted by molar-refractivity contribution is -0.137. The first-order chi connectivity index (χ1) is 18.5. The lowest BCUT2D eigenvalue weighted by atomic mass is 9.91. The predicted octanol–water partition coefficient (Wildman–Crippen LogP) is 1.48. The van der Waals surface area contributed by atoms with Crippen LogP contribution in [0.2, 0.25) is 0 Å². The van der Waals surface area contributed by atoms with Crippen LogP contribution < -0.4 is 10.5 Å². The van der Waals surface area contributed by atoms with Crippen LogP contribution in [-0.4, -0.2) is 75.2 Å². The number of rotatable bonds is 5. The highest BCUT2D eigenvalue weighted by Gasteiger charge is 2.39. The van der Waals surface area contributed by atoms with Gasteiger partial charge in [0, 0.05) is 37.8 Å². The maximum atomic E-state index is 13.3. The number of piperidine rings is 1. The Hall–Kier alpha value is -4.06. The number of carbonyl (C=O) groups is 1. The van der Waals surface area contributed by atoms with Crippen LogP contribution in [0.4, 0.5) is 11.6 Å². The Labute approximate surface area is 218 Å². The second kappa shape index (κ2) is 8.76. The van der Waals surface area contributed by atoms with Gasteiger partial charge in [0.15, 0.2) is 5.65 Å². The minimum atomic E-state index is -1.05. The number of amides is 1. The number of aromatic nitrogens is 7. The maximum Gasteiger partial charge on any atom is 0.264 e. The number of aliphatic hydroxyl groups is 1. The van der Waals surface area contributed by atoms with Crippen molar-refractivity contribution < 1.29 is 9.90 Å². The zero-order valence-electron chi connectivity index (χ0n) is 21.0. The Kier molecular flexibility index (Phi) is 5.32. The van der Waals surface area contributed by atoms with E-state index in [4.69, 9.17) is 0 Å². The first-order valence-corrected chi connectivity index (χ1v) is 13.2. The van der Waals surface area contributed by atoms with E-state index in [0.29, 0.717) is 37.0 Å². The highest BCUT2D eigenvalue weighted by molar-refractivity contribution is 5.81. The monoisotopic (exact) mass is 515 g/mol. The number of carbonyl (C=O) groups excluding carboxylic acids is 1. The van der Waals surface area contributed by atoms with E-state index in [-0.39, 0.29) is 23.9 Å². The standard InChI is InChI=1S/C26H29N9O3/c36-23(18-2-3-18)31-12-8-26(38,9-13-31)15-32-17-28-22-21(24(32)37)14-29-35(22)20-6-4-19(5-7-20)33-10-1-11-34-25(33)27-16-30-34/h4-7,14,16-18,38H,1-3,8-13,15H2. The minimum Gasteiger partial charge on any atom is -0.388 e. The third-order valence-electron chi connectivity index (χ3n) is 7.95. The molecule has 1 saturated carbocycles. The molecule has 1 N–H and O–H groups in total. The molecule has 196 valence electrons. The van der Waals surface area contributed by atoms with Gasteiger partial charge in [-0.25, -0.2) is 14.3 Å². The number of fused-ring (bicyclic) bond motifs is 2. The van der Waals surface area contributed by atoms with Crippen molar-refractivity contribution in [3.05, 3.63) is 53.5 Å². The molecule has 38 heavy (non-hydrogen) atoms. The summed E-state index contributed by atoms with van der Waals surface area (Å²) < 4.78 is 5.02. The van der Waals surface area contributed by atoms with Crippen molar-refractivity contribution in [3.63, 3.8) is 0 Å². The average Bonchev–Trinajstić information content (AvgIpc) is 3.51. The summed E-state index contributed by atoms with van der Waals surface area (Å²) in [5.74, 6) is 1.21. The third-order valence-corrected chi connectivity index (χ3v) is 7.95.